The van der Waals surface area contributed by atoms with Gasteiger partial charge in [-0.2, -0.15) is 0 Å². The average Bonchev–Trinajstić information content (AvgIpc) is 3.30. The molecule has 0 radical (unpaired) electrons. The van der Waals surface area contributed by atoms with E-state index in [0.717, 1.165) is 5.56 Å². The van der Waals surface area contributed by atoms with E-state index in [4.69, 9.17) is 9.26 Å². The molecule has 2 unspecified atom stereocenters. The number of carbonyl (C=O) groups excluding carboxylic acids is 2. The Labute approximate surface area is 188 Å². The lowest BCUT2D eigenvalue weighted by molar-refractivity contribution is -0.141. The second-order valence-electron chi connectivity index (χ2n) is 7.37. The molecule has 0 spiro atoms. The van der Waals surface area contributed by atoms with Gasteiger partial charge in [0.25, 0.3) is 0 Å². The molecule has 0 aliphatic carbocycles. The smallest absolute Gasteiger partial charge is 0.412 e. The summed E-state index contributed by atoms with van der Waals surface area (Å²) >= 11 is 0. The lowest BCUT2D eigenvalue weighted by atomic mass is 10.00. The van der Waals surface area contributed by atoms with Crippen LogP contribution >= 0.6 is 0 Å². The maximum Gasteiger partial charge on any atom is 0.412 e. The van der Waals surface area contributed by atoms with Gasteiger partial charge in [0.1, 0.15) is 17.5 Å². The minimum Gasteiger partial charge on any atom is -0.480 e. The van der Waals surface area contributed by atoms with Crippen LogP contribution in [-0.4, -0.2) is 28.2 Å². The number of nitrogens with one attached hydrogen (secondary N) is 2. The maximum absolute atomic E-state index is 12.4. The second kappa shape index (κ2) is 8.88. The van der Waals surface area contributed by atoms with E-state index < -0.39 is 30.0 Å². The molecule has 3 N–H and O–H groups in total. The first-order chi connectivity index (χ1) is 15.8. The Morgan fingerprint density at radius 1 is 1.21 bits per heavy atom. The molecule has 1 aliphatic rings. The van der Waals surface area contributed by atoms with Gasteiger partial charge in [0.2, 0.25) is 11.7 Å². The molecular weight excluding hydrogens is 426 g/mol. The van der Waals surface area contributed by atoms with Crippen molar-refractivity contribution in [1.29, 1.82) is 0 Å². The van der Waals surface area contributed by atoms with Crippen LogP contribution in [0.25, 0.3) is 0 Å². The molecular formula is C24H19N3O6. The largest absolute Gasteiger partial charge is 0.480 e. The Kier molecular flexibility index (Phi) is 5.83. The molecule has 2 atom stereocenters. The number of anilines is 2. The number of hydrogen-bond acceptors (Lipinski definition) is 6. The summed E-state index contributed by atoms with van der Waals surface area (Å²) in [6, 6.07) is 14.0. The lowest BCUT2D eigenvalue weighted by Crippen LogP contribution is -2.20. The van der Waals surface area contributed by atoms with Crippen molar-refractivity contribution in [3.05, 3.63) is 76.7 Å². The van der Waals surface area contributed by atoms with Gasteiger partial charge < -0.3 is 19.7 Å². The molecule has 9 heteroatoms. The van der Waals surface area contributed by atoms with Crippen molar-refractivity contribution in [2.45, 2.75) is 25.9 Å². The number of carbonyl (C=O) groups is 3. The zero-order valence-electron chi connectivity index (χ0n) is 17.7. The van der Waals surface area contributed by atoms with Gasteiger partial charge in [-0.1, -0.05) is 47.5 Å². The van der Waals surface area contributed by atoms with E-state index in [1.54, 1.807) is 32.0 Å². The molecule has 0 bridgehead atoms. The van der Waals surface area contributed by atoms with Crippen molar-refractivity contribution in [2.75, 3.05) is 10.6 Å². The molecule has 2 aromatic carbocycles. The molecule has 0 saturated heterocycles. The highest BCUT2D eigenvalue weighted by Gasteiger charge is 2.36. The highest BCUT2D eigenvalue weighted by molar-refractivity contribution is 6.14. The van der Waals surface area contributed by atoms with E-state index >= 15 is 0 Å². The van der Waals surface area contributed by atoms with E-state index in [1.165, 1.54) is 0 Å². The summed E-state index contributed by atoms with van der Waals surface area (Å²) in [6.45, 7) is 3.42. The van der Waals surface area contributed by atoms with Crippen molar-refractivity contribution in [3.63, 3.8) is 0 Å². The van der Waals surface area contributed by atoms with Crippen molar-refractivity contribution in [2.24, 2.45) is 0 Å². The molecule has 166 valence electrons. The number of carboxylic acids is 1. The molecule has 4 rings (SSSR count). The lowest BCUT2D eigenvalue weighted by Gasteiger charge is -2.13. The Hall–Kier alpha value is -4.58. The fourth-order valence-corrected chi connectivity index (χ4v) is 3.40. The van der Waals surface area contributed by atoms with Crippen molar-refractivity contribution < 1.29 is 28.8 Å². The van der Waals surface area contributed by atoms with Gasteiger partial charge in [0.05, 0.1) is 0 Å². The Morgan fingerprint density at radius 3 is 2.70 bits per heavy atom. The molecule has 1 aromatic heterocycles. The van der Waals surface area contributed by atoms with Crippen LogP contribution in [0.5, 0.6) is 0 Å². The van der Waals surface area contributed by atoms with E-state index in [0.29, 0.717) is 22.5 Å². The molecule has 0 saturated carbocycles. The minimum atomic E-state index is -1.24. The predicted molar refractivity (Wildman–Crippen MR) is 118 cm³/mol. The number of ether oxygens (including phenoxy) is 1. The third-order valence-corrected chi connectivity index (χ3v) is 5.09. The fraction of sp³-hybridized carbons (Fsp3) is 0.167. The van der Waals surface area contributed by atoms with E-state index in [9.17, 15) is 19.5 Å². The zero-order chi connectivity index (χ0) is 23.5. The number of fused-ring (bicyclic) bond motifs is 1. The van der Waals surface area contributed by atoms with Crippen LogP contribution in [-0.2, 0) is 14.3 Å². The first-order valence-electron chi connectivity index (χ1n) is 10.0. The Bertz CT molecular complexity index is 1300. The van der Waals surface area contributed by atoms with Gasteiger partial charge in [-0.25, -0.2) is 4.79 Å². The van der Waals surface area contributed by atoms with E-state index in [2.05, 4.69) is 27.6 Å². The summed E-state index contributed by atoms with van der Waals surface area (Å²) in [5.41, 5.74) is 2.85. The predicted octanol–water partition coefficient (Wildman–Crippen LogP) is 3.81. The SMILES string of the molecule is Cc1noc(C#Cc2ccc3c(c2)NC(=O)C3C(=O)O)c1NC(=O)OC(C)c1ccccc1. The monoisotopic (exact) mass is 445 g/mol. The molecule has 0 fully saturated rings. The number of benzene rings is 2. The highest BCUT2D eigenvalue weighted by Crippen LogP contribution is 2.33. The number of rotatable bonds is 4. The normalized spacial score (nSPS) is 15.0. The number of carboxylic acid groups (broad SMARTS) is 1. The van der Waals surface area contributed by atoms with E-state index in [1.807, 2.05) is 30.3 Å². The van der Waals surface area contributed by atoms with Crippen LogP contribution in [0.1, 0.15) is 47.1 Å². The van der Waals surface area contributed by atoms with Crippen LogP contribution in [0, 0.1) is 18.8 Å². The Balaban J connectivity index is 1.50. The van der Waals surface area contributed by atoms with Crippen LogP contribution in [0.15, 0.2) is 53.1 Å². The quantitative estimate of drug-likeness (QED) is 0.411. The number of nitrogens with zero attached hydrogens (tertiary/aromatic N) is 1. The third-order valence-electron chi connectivity index (χ3n) is 5.09. The van der Waals surface area contributed by atoms with Gasteiger partial charge in [-0.3, -0.25) is 14.9 Å². The standard InChI is InChI=1S/C24H19N3O6/c1-13-21(26-24(31)32-14(2)16-6-4-3-5-7-16)19(33-27-13)11-9-15-8-10-17-18(12-15)25-22(28)20(17)23(29)30/h3-8,10,12,14,20H,1-2H3,(H,25,28)(H,26,31)(H,29,30). The van der Waals surface area contributed by atoms with Crippen LogP contribution in [0.3, 0.4) is 0 Å². The number of hydrogen-bond donors (Lipinski definition) is 3. The summed E-state index contributed by atoms with van der Waals surface area (Å²) < 4.78 is 10.6. The van der Waals surface area contributed by atoms with Crippen molar-refractivity contribution >= 4 is 29.3 Å². The van der Waals surface area contributed by atoms with Crippen LogP contribution < -0.4 is 10.6 Å². The summed E-state index contributed by atoms with van der Waals surface area (Å²) in [7, 11) is 0. The maximum atomic E-state index is 12.4. The number of amides is 2. The fourth-order valence-electron chi connectivity index (χ4n) is 3.40. The van der Waals surface area contributed by atoms with Crippen molar-refractivity contribution in [1.82, 2.24) is 5.16 Å². The molecule has 9 nitrogen and oxygen atoms in total. The van der Waals surface area contributed by atoms with Crippen LogP contribution in [0.4, 0.5) is 16.2 Å². The minimum absolute atomic E-state index is 0.129. The first-order valence-corrected chi connectivity index (χ1v) is 10.0. The Morgan fingerprint density at radius 2 is 1.97 bits per heavy atom. The first kappa shape index (κ1) is 21.6. The molecule has 1 aliphatic heterocycles. The molecule has 2 heterocycles. The van der Waals surface area contributed by atoms with Gasteiger partial charge in [-0.05, 0) is 43.0 Å². The highest BCUT2D eigenvalue weighted by atomic mass is 16.6. The number of aromatic nitrogens is 1. The second-order valence-corrected chi connectivity index (χ2v) is 7.37. The number of aliphatic carboxylic acids is 1. The topological polar surface area (TPSA) is 131 Å². The van der Waals surface area contributed by atoms with E-state index in [-0.39, 0.29) is 11.4 Å². The summed E-state index contributed by atoms with van der Waals surface area (Å²) in [5.74, 6) is 2.75. The van der Waals surface area contributed by atoms with Crippen molar-refractivity contribution in [3.8, 4) is 11.8 Å². The molecule has 3 aromatic rings. The molecule has 2 amide bonds. The summed E-state index contributed by atoms with van der Waals surface area (Å²) in [5, 5.41) is 18.2. The average molecular weight is 445 g/mol. The van der Waals surface area contributed by atoms with Gasteiger partial charge in [0.15, 0.2) is 5.92 Å². The molecule has 33 heavy (non-hydrogen) atoms. The number of aryl methyl sites for hydroxylation is 1. The van der Waals surface area contributed by atoms with Gasteiger partial charge in [-0.15, -0.1) is 0 Å². The van der Waals surface area contributed by atoms with Gasteiger partial charge in [0, 0.05) is 11.3 Å². The van der Waals surface area contributed by atoms with Gasteiger partial charge >= 0.3 is 12.1 Å². The zero-order valence-corrected chi connectivity index (χ0v) is 17.7. The summed E-state index contributed by atoms with van der Waals surface area (Å²) in [6.07, 6.45) is -1.14. The third kappa shape index (κ3) is 4.55. The summed E-state index contributed by atoms with van der Waals surface area (Å²) in [4.78, 5) is 35.5. The van der Waals surface area contributed by atoms with Crippen LogP contribution in [0.2, 0.25) is 0 Å².